The summed E-state index contributed by atoms with van der Waals surface area (Å²) in [6.07, 6.45) is 29.0. The number of allylic oxidation sites excluding steroid dienone is 6. The van der Waals surface area contributed by atoms with Gasteiger partial charge in [0, 0.05) is 12.8 Å². The van der Waals surface area contributed by atoms with Crippen molar-refractivity contribution in [2.45, 2.75) is 236 Å². The number of carbonyl (C=O) groups is 2. The molecule has 356 valence electrons. The van der Waals surface area contributed by atoms with Gasteiger partial charge in [-0.1, -0.05) is 147 Å². The Bertz CT molecular complexity index is 1210. The van der Waals surface area contributed by atoms with Gasteiger partial charge >= 0.3 is 19.8 Å². The SMILES string of the molecule is CCCCC/C=C/C/C=C/CCCCCCCCCC(=O)OC[C@@H](COP(=O)(O)OC1C(O)C(O)C(O)[C@H](O)C1O)OC(=O)CCCCCCC/C=C/CCCCCCCC. The molecule has 14 heteroatoms. The largest absolute Gasteiger partial charge is 0.472 e. The van der Waals surface area contributed by atoms with Gasteiger partial charge in [-0.25, -0.2) is 4.57 Å². The predicted octanol–water partition coefficient (Wildman–Crippen LogP) is 9.39. The van der Waals surface area contributed by atoms with Crippen LogP contribution in [0.2, 0.25) is 0 Å². The fourth-order valence-corrected chi connectivity index (χ4v) is 8.05. The summed E-state index contributed by atoms with van der Waals surface area (Å²) in [6.45, 7) is 3.26. The summed E-state index contributed by atoms with van der Waals surface area (Å²) in [5, 5.41) is 50.2. The zero-order valence-electron chi connectivity index (χ0n) is 37.7. The van der Waals surface area contributed by atoms with E-state index in [1.54, 1.807) is 0 Å². The van der Waals surface area contributed by atoms with Crippen LogP contribution >= 0.6 is 7.82 Å². The van der Waals surface area contributed by atoms with E-state index in [4.69, 9.17) is 18.5 Å². The van der Waals surface area contributed by atoms with Crippen LogP contribution in [0.15, 0.2) is 36.5 Å². The lowest BCUT2D eigenvalue weighted by Crippen LogP contribution is -2.64. The lowest BCUT2D eigenvalue weighted by molar-refractivity contribution is -0.220. The standard InChI is InChI=1S/C47H85O13P/c1-3-5-7-9-11-13-15-17-19-20-22-23-25-27-29-31-33-35-40(48)57-37-39(38-58-61(55,56)60-47-45(53)43(51)42(50)44(52)46(47)54)59-41(49)36-34-32-30-28-26-24-21-18-16-14-12-10-8-6-4-2/h11,13,17-19,21,39,42-47,50-54H,3-10,12,14-16,20,22-38H2,1-2H3,(H,55,56)/b13-11+,19-17+,21-18+/t39-,42?,43-,44?,45?,46?,47?/m0/s1. The second-order valence-corrected chi connectivity index (χ2v) is 18.0. The van der Waals surface area contributed by atoms with Crippen LogP contribution in [0.25, 0.3) is 0 Å². The Kier molecular flexibility index (Phi) is 35.0. The van der Waals surface area contributed by atoms with Crippen molar-refractivity contribution in [3.05, 3.63) is 36.5 Å². The molecule has 8 atom stereocenters. The highest BCUT2D eigenvalue weighted by molar-refractivity contribution is 7.47. The molecule has 61 heavy (non-hydrogen) atoms. The summed E-state index contributed by atoms with van der Waals surface area (Å²) in [5.74, 6) is -1.12. The Morgan fingerprint density at radius 1 is 0.508 bits per heavy atom. The van der Waals surface area contributed by atoms with Crippen molar-refractivity contribution < 1.29 is 63.1 Å². The average Bonchev–Trinajstić information content (AvgIpc) is 3.24. The minimum atomic E-state index is -5.12. The van der Waals surface area contributed by atoms with Gasteiger partial charge in [-0.05, 0) is 70.6 Å². The van der Waals surface area contributed by atoms with E-state index in [9.17, 15) is 44.6 Å². The van der Waals surface area contributed by atoms with Crippen LogP contribution in [0.1, 0.15) is 194 Å². The molecule has 0 aromatic heterocycles. The third kappa shape index (κ3) is 30.0. The molecule has 1 fully saturated rings. The maximum atomic E-state index is 12.8. The molecular formula is C47H85O13P. The number of hydrogen-bond donors (Lipinski definition) is 6. The monoisotopic (exact) mass is 889 g/mol. The van der Waals surface area contributed by atoms with E-state index in [1.165, 1.54) is 70.6 Å². The van der Waals surface area contributed by atoms with Crippen molar-refractivity contribution >= 4 is 19.8 Å². The van der Waals surface area contributed by atoms with Gasteiger partial charge in [0.15, 0.2) is 6.10 Å². The zero-order chi connectivity index (χ0) is 45.0. The lowest BCUT2D eigenvalue weighted by Gasteiger charge is -2.41. The van der Waals surface area contributed by atoms with E-state index >= 15 is 0 Å². The van der Waals surface area contributed by atoms with Crippen molar-refractivity contribution in [1.29, 1.82) is 0 Å². The van der Waals surface area contributed by atoms with Crippen LogP contribution in [0.4, 0.5) is 0 Å². The number of aliphatic hydroxyl groups is 5. The average molecular weight is 889 g/mol. The number of ether oxygens (including phenoxy) is 2. The van der Waals surface area contributed by atoms with Crippen LogP contribution in [0.5, 0.6) is 0 Å². The highest BCUT2D eigenvalue weighted by Gasteiger charge is 2.51. The number of phosphoric acid groups is 1. The fraction of sp³-hybridized carbons (Fsp3) is 0.830. The van der Waals surface area contributed by atoms with Crippen LogP contribution < -0.4 is 0 Å². The molecule has 0 heterocycles. The van der Waals surface area contributed by atoms with E-state index in [2.05, 4.69) is 50.3 Å². The molecule has 0 aromatic carbocycles. The summed E-state index contributed by atoms with van der Waals surface area (Å²) in [5.41, 5.74) is 0. The third-order valence-electron chi connectivity index (χ3n) is 11.0. The van der Waals surface area contributed by atoms with Gasteiger partial charge in [0.05, 0.1) is 6.61 Å². The summed E-state index contributed by atoms with van der Waals surface area (Å²) >= 11 is 0. The molecule has 0 bridgehead atoms. The van der Waals surface area contributed by atoms with Crippen LogP contribution in [0.3, 0.4) is 0 Å². The predicted molar refractivity (Wildman–Crippen MR) is 240 cm³/mol. The van der Waals surface area contributed by atoms with E-state index < -0.39 is 75.7 Å². The van der Waals surface area contributed by atoms with Gasteiger partial charge in [-0.15, -0.1) is 0 Å². The van der Waals surface area contributed by atoms with Gasteiger partial charge in [0.1, 0.15) is 43.2 Å². The first-order chi connectivity index (χ1) is 29.4. The lowest BCUT2D eigenvalue weighted by atomic mass is 9.85. The highest BCUT2D eigenvalue weighted by atomic mass is 31.2. The molecular weight excluding hydrogens is 803 g/mol. The molecule has 0 saturated heterocycles. The summed E-state index contributed by atoms with van der Waals surface area (Å²) in [4.78, 5) is 35.7. The molecule has 6 unspecified atom stereocenters. The van der Waals surface area contributed by atoms with Crippen molar-refractivity contribution in [2.24, 2.45) is 0 Å². The number of phosphoric ester groups is 1. The van der Waals surface area contributed by atoms with Crippen LogP contribution in [0, 0.1) is 0 Å². The topological polar surface area (TPSA) is 210 Å². The van der Waals surface area contributed by atoms with Gasteiger partial charge in [-0.3, -0.25) is 18.6 Å². The Balaban J connectivity index is 2.45. The molecule has 0 amide bonds. The maximum Gasteiger partial charge on any atom is 0.472 e. The molecule has 13 nitrogen and oxygen atoms in total. The molecule has 1 aliphatic carbocycles. The Labute approximate surface area is 368 Å². The maximum absolute atomic E-state index is 12.8. The highest BCUT2D eigenvalue weighted by Crippen LogP contribution is 2.47. The normalized spacial score (nSPS) is 22.3. The first-order valence-corrected chi connectivity index (χ1v) is 25.3. The Morgan fingerprint density at radius 3 is 1.38 bits per heavy atom. The minimum Gasteiger partial charge on any atom is -0.462 e. The molecule has 6 N–H and O–H groups in total. The smallest absolute Gasteiger partial charge is 0.462 e. The number of hydrogen-bond acceptors (Lipinski definition) is 12. The molecule has 0 aliphatic heterocycles. The van der Waals surface area contributed by atoms with Gasteiger partial charge in [-0.2, -0.15) is 0 Å². The Morgan fingerprint density at radius 2 is 0.885 bits per heavy atom. The van der Waals surface area contributed by atoms with Crippen LogP contribution in [-0.4, -0.2) is 98.3 Å². The van der Waals surface area contributed by atoms with E-state index in [0.29, 0.717) is 12.8 Å². The first kappa shape index (κ1) is 57.1. The fourth-order valence-electron chi connectivity index (χ4n) is 7.08. The number of unbranched alkanes of at least 4 members (excludes halogenated alkanes) is 21. The molecule has 0 spiro atoms. The number of esters is 2. The van der Waals surface area contributed by atoms with Crippen molar-refractivity contribution in [1.82, 2.24) is 0 Å². The first-order valence-electron chi connectivity index (χ1n) is 23.8. The second kappa shape index (κ2) is 37.4. The quantitative estimate of drug-likeness (QED) is 0.0147. The van der Waals surface area contributed by atoms with Gasteiger partial charge in [0.25, 0.3) is 0 Å². The van der Waals surface area contributed by atoms with E-state index in [-0.39, 0.29) is 12.8 Å². The summed E-state index contributed by atoms with van der Waals surface area (Å²) in [6, 6.07) is 0. The molecule has 1 aliphatic rings. The number of aliphatic hydroxyl groups excluding tert-OH is 5. The van der Waals surface area contributed by atoms with Crippen LogP contribution in [-0.2, 0) is 32.7 Å². The third-order valence-corrected chi connectivity index (χ3v) is 11.9. The summed E-state index contributed by atoms with van der Waals surface area (Å²) in [7, 11) is -5.12. The van der Waals surface area contributed by atoms with Crippen molar-refractivity contribution in [2.75, 3.05) is 13.2 Å². The second-order valence-electron chi connectivity index (χ2n) is 16.6. The number of carbonyl (C=O) groups excluding carboxylic acids is 2. The summed E-state index contributed by atoms with van der Waals surface area (Å²) < 4.78 is 33.5. The van der Waals surface area contributed by atoms with Crippen molar-refractivity contribution in [3.8, 4) is 0 Å². The molecule has 0 radical (unpaired) electrons. The van der Waals surface area contributed by atoms with Gasteiger partial charge < -0.3 is 39.9 Å². The van der Waals surface area contributed by atoms with E-state index in [0.717, 1.165) is 83.5 Å². The Hall–Kier alpha value is -1.93. The van der Waals surface area contributed by atoms with Gasteiger partial charge in [0.2, 0.25) is 0 Å². The number of rotatable bonds is 39. The van der Waals surface area contributed by atoms with Crippen molar-refractivity contribution in [3.63, 3.8) is 0 Å². The van der Waals surface area contributed by atoms with E-state index in [1.807, 2.05) is 0 Å². The minimum absolute atomic E-state index is 0.0853. The zero-order valence-corrected chi connectivity index (χ0v) is 38.6. The molecule has 1 saturated carbocycles. The molecule has 1 rings (SSSR count). The molecule has 0 aromatic rings.